The molecule has 0 spiro atoms. The molecule has 6 nitrogen and oxygen atoms in total. The second kappa shape index (κ2) is 9.07. The Labute approximate surface area is 158 Å². The fraction of sp³-hybridized carbons (Fsp3) is 0.333. The van der Waals surface area contributed by atoms with Gasteiger partial charge in [-0.3, -0.25) is 4.84 Å². The van der Waals surface area contributed by atoms with E-state index in [0.29, 0.717) is 23.6 Å². The third kappa shape index (κ3) is 5.23. The van der Waals surface area contributed by atoms with Crippen LogP contribution in [0, 0.1) is 0 Å². The van der Waals surface area contributed by atoms with Gasteiger partial charge in [0, 0.05) is 12.0 Å². The zero-order valence-corrected chi connectivity index (χ0v) is 15.4. The van der Waals surface area contributed by atoms with E-state index in [1.807, 2.05) is 48.5 Å². The summed E-state index contributed by atoms with van der Waals surface area (Å²) in [5.74, 6) is 1.34. The van der Waals surface area contributed by atoms with E-state index in [0.717, 1.165) is 24.0 Å². The predicted octanol–water partition coefficient (Wildman–Crippen LogP) is 4.06. The van der Waals surface area contributed by atoms with Crippen LogP contribution >= 0.6 is 0 Å². The van der Waals surface area contributed by atoms with Crippen LogP contribution in [0.2, 0.25) is 0 Å². The predicted molar refractivity (Wildman–Crippen MR) is 103 cm³/mol. The minimum atomic E-state index is -0.948. The van der Waals surface area contributed by atoms with Crippen molar-refractivity contribution >= 4 is 11.8 Å². The molecular formula is C21H24N2O4. The third-order valence-electron chi connectivity index (χ3n) is 4.55. The monoisotopic (exact) mass is 368 g/mol. The van der Waals surface area contributed by atoms with Crippen LogP contribution in [0.3, 0.4) is 0 Å². The summed E-state index contributed by atoms with van der Waals surface area (Å²) in [6.07, 6.45) is 4.19. The first-order chi connectivity index (χ1) is 13.2. The van der Waals surface area contributed by atoms with E-state index in [-0.39, 0.29) is 6.10 Å². The lowest BCUT2D eigenvalue weighted by Gasteiger charge is -2.17. The van der Waals surface area contributed by atoms with Gasteiger partial charge in [-0.05, 0) is 49.4 Å². The van der Waals surface area contributed by atoms with Gasteiger partial charge in [-0.1, -0.05) is 35.5 Å². The molecule has 0 heterocycles. The number of amides is 1. The van der Waals surface area contributed by atoms with Crippen molar-refractivity contribution in [1.82, 2.24) is 0 Å². The quantitative estimate of drug-likeness (QED) is 0.454. The Hall–Kier alpha value is -3.02. The first-order valence-corrected chi connectivity index (χ1v) is 9.08. The SMILES string of the molecule is COc1ccc(/C(Cc2ccccc2)=N/OC(N)=O)cc1OC1CCCC1. The molecule has 3 rings (SSSR count). The second-order valence-electron chi connectivity index (χ2n) is 6.50. The minimum Gasteiger partial charge on any atom is -0.493 e. The van der Waals surface area contributed by atoms with Gasteiger partial charge < -0.3 is 15.2 Å². The molecule has 142 valence electrons. The Bertz CT molecular complexity index is 799. The first kappa shape index (κ1) is 18.8. The van der Waals surface area contributed by atoms with Gasteiger partial charge in [0.25, 0.3) is 0 Å². The number of primary amides is 1. The van der Waals surface area contributed by atoms with Crippen molar-refractivity contribution in [3.63, 3.8) is 0 Å². The minimum absolute atomic E-state index is 0.200. The van der Waals surface area contributed by atoms with Crippen molar-refractivity contribution < 1.29 is 19.1 Å². The average Bonchev–Trinajstić information content (AvgIpc) is 3.19. The zero-order valence-electron chi connectivity index (χ0n) is 15.4. The number of carbonyl (C=O) groups is 1. The summed E-state index contributed by atoms with van der Waals surface area (Å²) < 4.78 is 11.6. The maximum absolute atomic E-state index is 11.0. The molecule has 0 saturated heterocycles. The Balaban J connectivity index is 1.90. The molecule has 27 heavy (non-hydrogen) atoms. The summed E-state index contributed by atoms with van der Waals surface area (Å²) in [6.45, 7) is 0. The van der Waals surface area contributed by atoms with Crippen molar-refractivity contribution in [1.29, 1.82) is 0 Å². The smallest absolute Gasteiger partial charge is 0.430 e. The first-order valence-electron chi connectivity index (χ1n) is 9.08. The van der Waals surface area contributed by atoms with Gasteiger partial charge in [0.2, 0.25) is 0 Å². The normalized spacial score (nSPS) is 14.8. The lowest BCUT2D eigenvalue weighted by Crippen LogP contribution is -2.14. The number of benzene rings is 2. The number of oxime groups is 1. The number of hydrogen-bond acceptors (Lipinski definition) is 5. The summed E-state index contributed by atoms with van der Waals surface area (Å²) in [4.78, 5) is 15.7. The molecule has 2 aromatic rings. The van der Waals surface area contributed by atoms with Gasteiger partial charge >= 0.3 is 6.09 Å². The summed E-state index contributed by atoms with van der Waals surface area (Å²) in [6, 6.07) is 15.4. The highest BCUT2D eigenvalue weighted by atomic mass is 16.7. The number of nitrogens with zero attached hydrogens (tertiary/aromatic N) is 1. The standard InChI is InChI=1S/C21H24N2O4/c1-25-19-12-11-16(14-20(19)26-17-9-5-6-10-17)18(23-27-21(22)24)13-15-7-3-2-4-8-15/h2-4,7-8,11-12,14,17H,5-6,9-10,13H2,1H3,(H2,22,24)/b23-18+. The van der Waals surface area contributed by atoms with Gasteiger partial charge in [0.05, 0.1) is 18.9 Å². The van der Waals surface area contributed by atoms with E-state index < -0.39 is 6.09 Å². The average molecular weight is 368 g/mol. The van der Waals surface area contributed by atoms with Crippen molar-refractivity contribution in [2.24, 2.45) is 10.9 Å². The molecule has 0 aliphatic heterocycles. The number of nitrogens with two attached hydrogens (primary N) is 1. The van der Waals surface area contributed by atoms with Gasteiger partial charge in [0.1, 0.15) is 0 Å². The maximum atomic E-state index is 11.0. The topological polar surface area (TPSA) is 83.1 Å². The molecule has 2 aromatic carbocycles. The Morgan fingerprint density at radius 1 is 1.11 bits per heavy atom. The van der Waals surface area contributed by atoms with E-state index in [9.17, 15) is 4.79 Å². The summed E-state index contributed by atoms with van der Waals surface area (Å²) in [5, 5.41) is 3.96. The van der Waals surface area contributed by atoms with Crippen LogP contribution in [-0.4, -0.2) is 25.0 Å². The number of carbonyl (C=O) groups excluding carboxylic acids is 1. The molecular weight excluding hydrogens is 344 g/mol. The van der Waals surface area contributed by atoms with Gasteiger partial charge in [-0.15, -0.1) is 0 Å². The van der Waals surface area contributed by atoms with Crippen LogP contribution in [0.5, 0.6) is 11.5 Å². The molecule has 0 aromatic heterocycles. The van der Waals surface area contributed by atoms with Crippen LogP contribution in [0.4, 0.5) is 4.79 Å². The van der Waals surface area contributed by atoms with E-state index >= 15 is 0 Å². The van der Waals surface area contributed by atoms with Crippen LogP contribution < -0.4 is 15.2 Å². The highest BCUT2D eigenvalue weighted by Gasteiger charge is 2.19. The van der Waals surface area contributed by atoms with Crippen LogP contribution in [0.1, 0.15) is 36.8 Å². The maximum Gasteiger partial charge on any atom is 0.430 e. The van der Waals surface area contributed by atoms with Crippen molar-refractivity contribution in [2.45, 2.75) is 38.2 Å². The highest BCUT2D eigenvalue weighted by Crippen LogP contribution is 2.33. The lowest BCUT2D eigenvalue weighted by atomic mass is 10.0. The summed E-state index contributed by atoms with van der Waals surface area (Å²) in [7, 11) is 1.62. The number of hydrogen-bond donors (Lipinski definition) is 1. The summed E-state index contributed by atoms with van der Waals surface area (Å²) >= 11 is 0. The van der Waals surface area contributed by atoms with Crippen LogP contribution in [-0.2, 0) is 11.3 Å². The van der Waals surface area contributed by atoms with Crippen molar-refractivity contribution in [3.8, 4) is 11.5 Å². The lowest BCUT2D eigenvalue weighted by molar-refractivity contribution is 0.161. The molecule has 0 radical (unpaired) electrons. The fourth-order valence-corrected chi connectivity index (χ4v) is 3.21. The Morgan fingerprint density at radius 3 is 2.52 bits per heavy atom. The molecule has 1 aliphatic carbocycles. The molecule has 0 bridgehead atoms. The van der Waals surface area contributed by atoms with Crippen LogP contribution in [0.15, 0.2) is 53.7 Å². The molecule has 0 unspecified atom stereocenters. The number of rotatable bonds is 7. The van der Waals surface area contributed by atoms with Gasteiger partial charge in [0.15, 0.2) is 11.5 Å². The second-order valence-corrected chi connectivity index (χ2v) is 6.50. The van der Waals surface area contributed by atoms with E-state index in [1.54, 1.807) is 7.11 Å². The molecule has 1 amide bonds. The highest BCUT2D eigenvalue weighted by molar-refractivity contribution is 6.02. The largest absolute Gasteiger partial charge is 0.493 e. The van der Waals surface area contributed by atoms with E-state index in [4.69, 9.17) is 20.0 Å². The number of methoxy groups -OCH3 is 1. The molecule has 2 N–H and O–H groups in total. The van der Waals surface area contributed by atoms with Crippen molar-refractivity contribution in [2.75, 3.05) is 7.11 Å². The Morgan fingerprint density at radius 2 is 1.85 bits per heavy atom. The number of ether oxygens (including phenoxy) is 2. The van der Waals surface area contributed by atoms with E-state index in [1.165, 1.54) is 12.8 Å². The molecule has 0 atom stereocenters. The van der Waals surface area contributed by atoms with Gasteiger partial charge in [-0.25, -0.2) is 4.79 Å². The Kier molecular flexibility index (Phi) is 6.30. The zero-order chi connectivity index (χ0) is 19.1. The molecule has 1 aliphatic rings. The molecule has 1 fully saturated rings. The fourth-order valence-electron chi connectivity index (χ4n) is 3.21. The molecule has 6 heteroatoms. The van der Waals surface area contributed by atoms with Gasteiger partial charge in [-0.2, -0.15) is 0 Å². The summed E-state index contributed by atoms with van der Waals surface area (Å²) in [5.41, 5.74) is 7.49. The van der Waals surface area contributed by atoms with Crippen molar-refractivity contribution in [3.05, 3.63) is 59.7 Å². The molecule has 1 saturated carbocycles. The van der Waals surface area contributed by atoms with E-state index in [2.05, 4.69) is 5.16 Å². The van der Waals surface area contributed by atoms with Crippen LogP contribution in [0.25, 0.3) is 0 Å². The third-order valence-corrected chi connectivity index (χ3v) is 4.55.